The normalized spacial score (nSPS) is 28.5. The van der Waals surface area contributed by atoms with Crippen LogP contribution in [0.1, 0.15) is 18.7 Å². The van der Waals surface area contributed by atoms with E-state index in [-0.39, 0.29) is 24.2 Å². The third-order valence-corrected chi connectivity index (χ3v) is 4.59. The number of rotatable bonds is 5. The minimum absolute atomic E-state index is 0.0189. The first-order valence-electron chi connectivity index (χ1n) is 7.75. The van der Waals surface area contributed by atoms with E-state index >= 15 is 0 Å². The van der Waals surface area contributed by atoms with E-state index in [0.717, 1.165) is 38.3 Å². The van der Waals surface area contributed by atoms with Gasteiger partial charge in [-0.1, -0.05) is 0 Å². The number of nitrogens with one attached hydrogen (secondary N) is 1. The maximum Gasteiger partial charge on any atom is 0.245 e. The zero-order valence-corrected chi connectivity index (χ0v) is 13.2. The van der Waals surface area contributed by atoms with E-state index in [9.17, 15) is 4.79 Å². The highest BCUT2D eigenvalue weighted by Gasteiger charge is 2.46. The molecule has 2 atom stereocenters. The van der Waals surface area contributed by atoms with Gasteiger partial charge in [0.2, 0.25) is 5.91 Å². The van der Waals surface area contributed by atoms with Crippen molar-refractivity contribution in [3.63, 3.8) is 0 Å². The molecule has 22 heavy (non-hydrogen) atoms. The Kier molecular flexibility index (Phi) is 4.46. The summed E-state index contributed by atoms with van der Waals surface area (Å²) in [5.74, 6) is 0.978. The molecule has 0 saturated carbocycles. The minimum Gasteiger partial charge on any atom is -0.371 e. The fraction of sp³-hybridized carbons (Fsp3) is 0.733. The number of nitrogens with zero attached hydrogens (tertiary/aromatic N) is 3. The van der Waals surface area contributed by atoms with Crippen LogP contribution < -0.4 is 5.32 Å². The molecule has 1 aromatic heterocycles. The molecule has 7 nitrogen and oxygen atoms in total. The molecule has 2 saturated heterocycles. The Bertz CT molecular complexity index is 533. The molecule has 2 aliphatic rings. The van der Waals surface area contributed by atoms with E-state index in [1.807, 2.05) is 19.4 Å². The Morgan fingerprint density at radius 1 is 1.64 bits per heavy atom. The number of carbonyl (C=O) groups excluding carboxylic acids is 1. The summed E-state index contributed by atoms with van der Waals surface area (Å²) in [7, 11) is 3.63. The highest BCUT2D eigenvalue weighted by molar-refractivity contribution is 5.76. The number of hydrogen-bond acceptors (Lipinski definition) is 5. The van der Waals surface area contributed by atoms with Gasteiger partial charge in [0.1, 0.15) is 12.4 Å². The van der Waals surface area contributed by atoms with E-state index in [0.29, 0.717) is 6.61 Å². The van der Waals surface area contributed by atoms with Crippen molar-refractivity contribution in [3.8, 4) is 0 Å². The second-order valence-corrected chi connectivity index (χ2v) is 6.22. The molecule has 2 aliphatic heterocycles. The number of ether oxygens (including phenoxy) is 2. The van der Waals surface area contributed by atoms with Crippen LogP contribution in [0.4, 0.5) is 0 Å². The van der Waals surface area contributed by atoms with Crippen LogP contribution in [0.5, 0.6) is 0 Å². The maximum absolute atomic E-state index is 11.2. The second-order valence-electron chi connectivity index (χ2n) is 6.22. The van der Waals surface area contributed by atoms with Crippen molar-refractivity contribution in [2.45, 2.75) is 31.1 Å². The first-order chi connectivity index (χ1) is 10.6. The Morgan fingerprint density at radius 3 is 3.23 bits per heavy atom. The summed E-state index contributed by atoms with van der Waals surface area (Å²) in [6.07, 6.45) is 5.69. The lowest BCUT2D eigenvalue weighted by Crippen LogP contribution is -2.33. The predicted molar refractivity (Wildman–Crippen MR) is 80.2 cm³/mol. The smallest absolute Gasteiger partial charge is 0.245 e. The van der Waals surface area contributed by atoms with E-state index in [4.69, 9.17) is 9.47 Å². The van der Waals surface area contributed by atoms with Crippen LogP contribution >= 0.6 is 0 Å². The number of imidazole rings is 1. The number of likely N-dealkylation sites (tertiary alicyclic amines) is 1. The van der Waals surface area contributed by atoms with E-state index in [2.05, 4.69) is 19.8 Å². The topological polar surface area (TPSA) is 68.6 Å². The average Bonchev–Trinajstić information content (AvgIpc) is 3.21. The second kappa shape index (κ2) is 6.36. The molecule has 1 N–H and O–H groups in total. The van der Waals surface area contributed by atoms with Crippen molar-refractivity contribution in [1.82, 2.24) is 19.8 Å². The average molecular weight is 308 g/mol. The molecule has 1 amide bonds. The lowest BCUT2D eigenvalue weighted by atomic mass is 9.98. The summed E-state index contributed by atoms with van der Waals surface area (Å²) in [6, 6.07) is 0. The Hall–Kier alpha value is -1.44. The molecule has 0 aromatic carbocycles. The Morgan fingerprint density at radius 2 is 2.50 bits per heavy atom. The van der Waals surface area contributed by atoms with Gasteiger partial charge in [0.25, 0.3) is 0 Å². The van der Waals surface area contributed by atoms with Crippen LogP contribution in [0, 0.1) is 0 Å². The van der Waals surface area contributed by atoms with Gasteiger partial charge < -0.3 is 19.4 Å². The molecule has 0 bridgehead atoms. The number of carbonyl (C=O) groups is 1. The van der Waals surface area contributed by atoms with Crippen molar-refractivity contribution in [3.05, 3.63) is 18.2 Å². The van der Waals surface area contributed by atoms with Gasteiger partial charge in [-0.2, -0.15) is 0 Å². The summed E-state index contributed by atoms with van der Waals surface area (Å²) in [5.41, 5.74) is -0.113. The summed E-state index contributed by atoms with van der Waals surface area (Å²) in [6.45, 7) is 3.44. The summed E-state index contributed by atoms with van der Waals surface area (Å²) in [4.78, 5) is 18.0. The van der Waals surface area contributed by atoms with E-state index in [1.54, 1.807) is 7.05 Å². The maximum atomic E-state index is 11.2. The molecule has 0 aliphatic carbocycles. The first-order valence-corrected chi connectivity index (χ1v) is 7.75. The minimum atomic E-state index is -0.113. The fourth-order valence-corrected chi connectivity index (χ4v) is 3.27. The third kappa shape index (κ3) is 3.31. The Labute approximate surface area is 130 Å². The van der Waals surface area contributed by atoms with E-state index in [1.165, 1.54) is 0 Å². The number of amides is 1. The van der Waals surface area contributed by atoms with Gasteiger partial charge in [-0.15, -0.1) is 0 Å². The van der Waals surface area contributed by atoms with Gasteiger partial charge in [-0.25, -0.2) is 4.98 Å². The quantitative estimate of drug-likeness (QED) is 0.824. The standard InChI is InChI=1S/C15H24N4O3/c1-16-14(20)10-21-12-7-15(22-9-12)3-5-19(11-15)8-13-17-4-6-18(13)2/h4,6,12H,3,5,7-11H2,1-2H3,(H,16,20). The van der Waals surface area contributed by atoms with Gasteiger partial charge in [0, 0.05) is 46.0 Å². The van der Waals surface area contributed by atoms with E-state index < -0.39 is 0 Å². The van der Waals surface area contributed by atoms with Crippen molar-refractivity contribution in [1.29, 1.82) is 0 Å². The van der Waals surface area contributed by atoms with Gasteiger partial charge in [0.05, 0.1) is 24.9 Å². The van der Waals surface area contributed by atoms with Crippen molar-refractivity contribution >= 4 is 5.91 Å². The van der Waals surface area contributed by atoms with Crippen LogP contribution in [0.25, 0.3) is 0 Å². The summed E-state index contributed by atoms with van der Waals surface area (Å²) >= 11 is 0. The molecule has 2 fully saturated rings. The number of likely N-dealkylation sites (N-methyl/N-ethyl adjacent to an activating group) is 1. The van der Waals surface area contributed by atoms with Crippen molar-refractivity contribution < 1.29 is 14.3 Å². The SMILES string of the molecule is CNC(=O)COC1COC2(CCN(Cc3nccn3C)C2)C1. The molecule has 3 heterocycles. The molecule has 7 heteroatoms. The van der Waals surface area contributed by atoms with Gasteiger partial charge in [-0.05, 0) is 6.42 Å². The zero-order chi connectivity index (χ0) is 15.6. The highest BCUT2D eigenvalue weighted by atomic mass is 16.6. The summed E-state index contributed by atoms with van der Waals surface area (Å²) in [5, 5.41) is 2.56. The van der Waals surface area contributed by atoms with Crippen LogP contribution in [0.2, 0.25) is 0 Å². The summed E-state index contributed by atoms with van der Waals surface area (Å²) < 4.78 is 13.7. The molecule has 0 radical (unpaired) electrons. The fourth-order valence-electron chi connectivity index (χ4n) is 3.27. The van der Waals surface area contributed by atoms with Crippen molar-refractivity contribution in [2.24, 2.45) is 7.05 Å². The molecule has 122 valence electrons. The number of hydrogen-bond donors (Lipinski definition) is 1. The molecule has 3 rings (SSSR count). The third-order valence-electron chi connectivity index (χ3n) is 4.59. The first kappa shape index (κ1) is 15.5. The lowest BCUT2D eigenvalue weighted by Gasteiger charge is -2.23. The van der Waals surface area contributed by atoms with Crippen LogP contribution in [0.3, 0.4) is 0 Å². The van der Waals surface area contributed by atoms with Crippen LogP contribution in [-0.4, -0.2) is 65.4 Å². The van der Waals surface area contributed by atoms with Crippen molar-refractivity contribution in [2.75, 3.05) is 33.4 Å². The molecule has 2 unspecified atom stereocenters. The Balaban J connectivity index is 1.50. The van der Waals surface area contributed by atoms with Crippen LogP contribution in [0.15, 0.2) is 12.4 Å². The van der Waals surface area contributed by atoms with Gasteiger partial charge in [-0.3, -0.25) is 9.69 Å². The molecular formula is C15H24N4O3. The van der Waals surface area contributed by atoms with Gasteiger partial charge in [0.15, 0.2) is 0 Å². The van der Waals surface area contributed by atoms with Crippen LogP contribution in [-0.2, 0) is 27.9 Å². The monoisotopic (exact) mass is 308 g/mol. The predicted octanol–water partition coefficient (Wildman–Crippen LogP) is -0.0839. The lowest BCUT2D eigenvalue weighted by molar-refractivity contribution is -0.127. The molecule has 1 aromatic rings. The number of aryl methyl sites for hydroxylation is 1. The highest BCUT2D eigenvalue weighted by Crippen LogP contribution is 2.36. The zero-order valence-electron chi connectivity index (χ0n) is 13.2. The largest absolute Gasteiger partial charge is 0.371 e. The molecular weight excluding hydrogens is 284 g/mol. The van der Waals surface area contributed by atoms with Gasteiger partial charge >= 0.3 is 0 Å². The molecule has 1 spiro atoms. The number of aromatic nitrogens is 2.